The van der Waals surface area contributed by atoms with Crippen molar-refractivity contribution >= 4 is 0 Å². The van der Waals surface area contributed by atoms with E-state index >= 15 is 0 Å². The first-order chi connectivity index (χ1) is 6.77. The largest absolute Gasteiger partial charge is 0.342 e. The fourth-order valence-corrected chi connectivity index (χ4v) is 1.74. The highest BCUT2D eigenvalue weighted by Gasteiger charge is 2.37. The Hall–Kier alpha value is -0.930. The maximum absolute atomic E-state index is 5.65. The normalized spacial score (nSPS) is 19.9. The summed E-state index contributed by atoms with van der Waals surface area (Å²) in [6.07, 6.45) is 0.795. The van der Waals surface area contributed by atoms with Gasteiger partial charge in [0.1, 0.15) is 0 Å². The van der Waals surface area contributed by atoms with Crippen LogP contribution in [0.2, 0.25) is 0 Å². The highest BCUT2D eigenvalue weighted by molar-refractivity contribution is 5.15. The molecule has 0 bridgehead atoms. The molecule has 0 atom stereocenters. The SMILES string of the molecule is CCC1(c2cccc(C)n2)OCCO1. The van der Waals surface area contributed by atoms with Crippen molar-refractivity contribution in [3.05, 3.63) is 29.6 Å². The van der Waals surface area contributed by atoms with Crippen LogP contribution in [-0.4, -0.2) is 18.2 Å². The molecule has 0 saturated carbocycles. The first kappa shape index (κ1) is 9.62. The zero-order chi connectivity index (χ0) is 10.0. The molecule has 3 heteroatoms. The molecular formula is C11H15NO2. The molecule has 2 heterocycles. The van der Waals surface area contributed by atoms with Gasteiger partial charge in [0, 0.05) is 12.1 Å². The lowest BCUT2D eigenvalue weighted by atomic mass is 10.1. The van der Waals surface area contributed by atoms with Crippen molar-refractivity contribution in [2.24, 2.45) is 0 Å². The molecule has 3 nitrogen and oxygen atoms in total. The molecule has 1 aromatic rings. The van der Waals surface area contributed by atoms with Crippen LogP contribution in [0.5, 0.6) is 0 Å². The number of aryl methyl sites for hydroxylation is 1. The summed E-state index contributed by atoms with van der Waals surface area (Å²) in [4.78, 5) is 4.45. The minimum absolute atomic E-state index is 0.591. The van der Waals surface area contributed by atoms with Gasteiger partial charge in [-0.15, -0.1) is 0 Å². The molecule has 14 heavy (non-hydrogen) atoms. The van der Waals surface area contributed by atoms with E-state index < -0.39 is 5.79 Å². The molecule has 1 fully saturated rings. The van der Waals surface area contributed by atoms with E-state index in [4.69, 9.17) is 9.47 Å². The molecule has 2 rings (SSSR count). The van der Waals surface area contributed by atoms with E-state index in [1.807, 2.05) is 25.1 Å². The van der Waals surface area contributed by atoms with Gasteiger partial charge >= 0.3 is 0 Å². The second-order valence-corrected chi connectivity index (χ2v) is 3.47. The monoisotopic (exact) mass is 193 g/mol. The van der Waals surface area contributed by atoms with Crippen LogP contribution in [0, 0.1) is 6.92 Å². The van der Waals surface area contributed by atoms with Gasteiger partial charge in [0.2, 0.25) is 5.79 Å². The van der Waals surface area contributed by atoms with Gasteiger partial charge in [-0.05, 0) is 19.1 Å². The minimum atomic E-state index is -0.591. The van der Waals surface area contributed by atoms with Crippen molar-refractivity contribution in [3.63, 3.8) is 0 Å². The van der Waals surface area contributed by atoms with Gasteiger partial charge in [0.25, 0.3) is 0 Å². The van der Waals surface area contributed by atoms with Crippen LogP contribution in [0.4, 0.5) is 0 Å². The zero-order valence-electron chi connectivity index (χ0n) is 8.62. The molecule has 0 N–H and O–H groups in total. The number of pyridine rings is 1. The quantitative estimate of drug-likeness (QED) is 0.720. The third-order valence-corrected chi connectivity index (χ3v) is 2.50. The summed E-state index contributed by atoms with van der Waals surface area (Å²) in [5, 5.41) is 0. The van der Waals surface area contributed by atoms with Crippen LogP contribution in [0.1, 0.15) is 24.7 Å². The molecular weight excluding hydrogens is 178 g/mol. The summed E-state index contributed by atoms with van der Waals surface area (Å²) in [5.41, 5.74) is 1.88. The first-order valence-electron chi connectivity index (χ1n) is 4.99. The van der Waals surface area contributed by atoms with E-state index in [0.29, 0.717) is 13.2 Å². The van der Waals surface area contributed by atoms with Crippen LogP contribution in [0.25, 0.3) is 0 Å². The summed E-state index contributed by atoms with van der Waals surface area (Å²) < 4.78 is 11.3. The summed E-state index contributed by atoms with van der Waals surface area (Å²) >= 11 is 0. The molecule has 1 aliphatic rings. The van der Waals surface area contributed by atoms with Gasteiger partial charge in [-0.3, -0.25) is 4.98 Å². The van der Waals surface area contributed by atoms with Crippen molar-refractivity contribution in [2.75, 3.05) is 13.2 Å². The van der Waals surface area contributed by atoms with Gasteiger partial charge in [0.15, 0.2) is 0 Å². The highest BCUT2D eigenvalue weighted by atomic mass is 16.7. The highest BCUT2D eigenvalue weighted by Crippen LogP contribution is 2.33. The molecule has 76 valence electrons. The Labute approximate surface area is 84.1 Å². The zero-order valence-corrected chi connectivity index (χ0v) is 8.62. The summed E-state index contributed by atoms with van der Waals surface area (Å²) in [6, 6.07) is 5.92. The van der Waals surface area contributed by atoms with Crippen LogP contribution in [-0.2, 0) is 15.3 Å². The Kier molecular flexibility index (Phi) is 2.52. The van der Waals surface area contributed by atoms with Crippen LogP contribution < -0.4 is 0 Å². The Morgan fingerprint density at radius 1 is 1.36 bits per heavy atom. The number of nitrogens with zero attached hydrogens (tertiary/aromatic N) is 1. The molecule has 1 saturated heterocycles. The molecule has 0 aromatic carbocycles. The van der Waals surface area contributed by atoms with Crippen molar-refractivity contribution in [2.45, 2.75) is 26.1 Å². The molecule has 0 spiro atoms. The van der Waals surface area contributed by atoms with E-state index in [-0.39, 0.29) is 0 Å². The average molecular weight is 193 g/mol. The predicted molar refractivity (Wildman–Crippen MR) is 52.8 cm³/mol. The van der Waals surface area contributed by atoms with E-state index in [2.05, 4.69) is 11.9 Å². The van der Waals surface area contributed by atoms with Crippen molar-refractivity contribution < 1.29 is 9.47 Å². The smallest absolute Gasteiger partial charge is 0.212 e. The molecule has 0 amide bonds. The molecule has 1 aromatic heterocycles. The third kappa shape index (κ3) is 1.53. The first-order valence-corrected chi connectivity index (χ1v) is 4.99. The molecule has 0 aliphatic carbocycles. The van der Waals surface area contributed by atoms with Gasteiger partial charge in [-0.2, -0.15) is 0 Å². The lowest BCUT2D eigenvalue weighted by Gasteiger charge is -2.25. The fraction of sp³-hybridized carbons (Fsp3) is 0.545. The van der Waals surface area contributed by atoms with Crippen molar-refractivity contribution in [3.8, 4) is 0 Å². The maximum atomic E-state index is 5.65. The maximum Gasteiger partial charge on any atom is 0.212 e. The summed E-state index contributed by atoms with van der Waals surface area (Å²) in [6.45, 7) is 5.34. The molecule has 0 unspecified atom stereocenters. The van der Waals surface area contributed by atoms with Crippen molar-refractivity contribution in [1.29, 1.82) is 0 Å². The Balaban J connectivity index is 2.35. The summed E-state index contributed by atoms with van der Waals surface area (Å²) in [7, 11) is 0. The number of hydrogen-bond donors (Lipinski definition) is 0. The summed E-state index contributed by atoms with van der Waals surface area (Å²) in [5.74, 6) is -0.591. The van der Waals surface area contributed by atoms with Gasteiger partial charge in [-0.25, -0.2) is 0 Å². The lowest BCUT2D eigenvalue weighted by molar-refractivity contribution is -0.170. The molecule has 0 radical (unpaired) electrons. The topological polar surface area (TPSA) is 31.4 Å². The number of aromatic nitrogens is 1. The van der Waals surface area contributed by atoms with E-state index in [1.54, 1.807) is 0 Å². The minimum Gasteiger partial charge on any atom is -0.342 e. The van der Waals surface area contributed by atoms with Crippen LogP contribution in [0.3, 0.4) is 0 Å². The van der Waals surface area contributed by atoms with E-state index in [0.717, 1.165) is 17.8 Å². The fourth-order valence-electron chi connectivity index (χ4n) is 1.74. The van der Waals surface area contributed by atoms with Gasteiger partial charge in [-0.1, -0.05) is 13.0 Å². The Morgan fingerprint density at radius 2 is 2.07 bits per heavy atom. The third-order valence-electron chi connectivity index (χ3n) is 2.50. The lowest BCUT2D eigenvalue weighted by Crippen LogP contribution is -2.27. The number of rotatable bonds is 2. The Morgan fingerprint density at radius 3 is 2.64 bits per heavy atom. The second kappa shape index (κ2) is 3.67. The molecule has 1 aliphatic heterocycles. The number of ether oxygens (including phenoxy) is 2. The average Bonchev–Trinajstić information content (AvgIpc) is 2.67. The Bertz CT molecular complexity index is 319. The predicted octanol–water partition coefficient (Wildman–Crippen LogP) is 2.00. The van der Waals surface area contributed by atoms with Crippen LogP contribution in [0.15, 0.2) is 18.2 Å². The second-order valence-electron chi connectivity index (χ2n) is 3.47. The number of hydrogen-bond acceptors (Lipinski definition) is 3. The van der Waals surface area contributed by atoms with Gasteiger partial charge in [0.05, 0.1) is 18.9 Å². The van der Waals surface area contributed by atoms with E-state index in [9.17, 15) is 0 Å². The van der Waals surface area contributed by atoms with Crippen molar-refractivity contribution in [1.82, 2.24) is 4.98 Å². The van der Waals surface area contributed by atoms with E-state index in [1.165, 1.54) is 0 Å². The van der Waals surface area contributed by atoms with Gasteiger partial charge < -0.3 is 9.47 Å². The standard InChI is InChI=1S/C11H15NO2/c1-3-11(13-7-8-14-11)10-6-4-5-9(2)12-10/h4-6H,3,7-8H2,1-2H3. The van der Waals surface area contributed by atoms with Crippen LogP contribution >= 0.6 is 0 Å².